The number of aliphatic hydroxyl groups is 1. The van der Waals surface area contributed by atoms with Gasteiger partial charge in [0, 0.05) is 24.2 Å². The van der Waals surface area contributed by atoms with E-state index in [1.54, 1.807) is 0 Å². The molecule has 0 amide bonds. The maximum absolute atomic E-state index is 12.6. The minimum absolute atomic E-state index is 0.135. The molecule has 0 saturated carbocycles. The van der Waals surface area contributed by atoms with Crippen molar-refractivity contribution in [1.82, 2.24) is 9.38 Å². The first-order chi connectivity index (χ1) is 8.57. The van der Waals surface area contributed by atoms with Crippen molar-refractivity contribution < 1.29 is 31.4 Å². The van der Waals surface area contributed by atoms with Crippen molar-refractivity contribution in [2.45, 2.75) is 18.0 Å². The molecule has 19 heavy (non-hydrogen) atoms. The summed E-state index contributed by atoms with van der Waals surface area (Å²) >= 11 is 0. The van der Waals surface area contributed by atoms with Gasteiger partial charge in [-0.05, 0) is 12.1 Å². The molecule has 3 nitrogen and oxygen atoms in total. The largest absolute Gasteiger partial charge is 0.430 e. The second kappa shape index (κ2) is 3.86. The van der Waals surface area contributed by atoms with Gasteiger partial charge >= 0.3 is 12.4 Å². The first-order valence-corrected chi connectivity index (χ1v) is 4.86. The number of pyridine rings is 1. The number of halogens is 6. The van der Waals surface area contributed by atoms with Gasteiger partial charge in [-0.25, -0.2) is 4.98 Å². The van der Waals surface area contributed by atoms with E-state index in [1.165, 1.54) is 16.8 Å². The lowest BCUT2D eigenvalue weighted by Gasteiger charge is -2.32. The quantitative estimate of drug-likeness (QED) is 0.817. The van der Waals surface area contributed by atoms with Crippen molar-refractivity contribution in [2.75, 3.05) is 0 Å². The van der Waals surface area contributed by atoms with Crippen LogP contribution in [0.25, 0.3) is 5.65 Å². The van der Waals surface area contributed by atoms with Crippen LogP contribution in [0.4, 0.5) is 26.3 Å². The summed E-state index contributed by atoms with van der Waals surface area (Å²) in [4.78, 5) is 3.57. The molecule has 0 atom stereocenters. The highest BCUT2D eigenvalue weighted by Crippen LogP contribution is 2.49. The Balaban J connectivity index is 2.68. The van der Waals surface area contributed by atoms with Crippen LogP contribution in [0.2, 0.25) is 0 Å². The minimum Gasteiger partial charge on any atom is -0.369 e. The van der Waals surface area contributed by atoms with Gasteiger partial charge in [0.05, 0.1) is 0 Å². The number of nitrogens with zero attached hydrogens (tertiary/aromatic N) is 2. The van der Waals surface area contributed by atoms with Crippen molar-refractivity contribution in [1.29, 1.82) is 0 Å². The van der Waals surface area contributed by atoms with Crippen molar-refractivity contribution in [3.8, 4) is 0 Å². The number of rotatable bonds is 1. The molecule has 0 aliphatic heterocycles. The van der Waals surface area contributed by atoms with Gasteiger partial charge in [-0.15, -0.1) is 0 Å². The molecule has 0 radical (unpaired) electrons. The molecule has 0 aromatic carbocycles. The number of aromatic nitrogens is 2. The standard InChI is InChI=1S/C10H6F6N2O/c11-9(12,13)8(19,10(14,15)16)6-1-3-18-4-2-17-7(18)5-6/h1-5,19H. The lowest BCUT2D eigenvalue weighted by atomic mass is 9.93. The van der Waals surface area contributed by atoms with Gasteiger partial charge in [0.25, 0.3) is 5.60 Å². The molecule has 9 heteroatoms. The van der Waals surface area contributed by atoms with Gasteiger partial charge in [-0.2, -0.15) is 26.3 Å². The Bertz CT molecular complexity index is 586. The summed E-state index contributed by atoms with van der Waals surface area (Å²) < 4.78 is 76.9. The van der Waals surface area contributed by atoms with Gasteiger partial charge in [0.15, 0.2) is 0 Å². The van der Waals surface area contributed by atoms with E-state index < -0.39 is 23.5 Å². The van der Waals surface area contributed by atoms with E-state index in [0.29, 0.717) is 12.1 Å². The van der Waals surface area contributed by atoms with Crippen LogP contribution in [0.1, 0.15) is 5.56 Å². The average molecular weight is 284 g/mol. The van der Waals surface area contributed by atoms with Gasteiger partial charge in [-0.1, -0.05) is 0 Å². The zero-order chi connectivity index (χ0) is 14.5. The molecule has 0 unspecified atom stereocenters. The van der Waals surface area contributed by atoms with Crippen LogP contribution in [-0.2, 0) is 5.60 Å². The summed E-state index contributed by atoms with van der Waals surface area (Å²) in [5.74, 6) is 0. The summed E-state index contributed by atoms with van der Waals surface area (Å²) in [5, 5.41) is 9.17. The lowest BCUT2D eigenvalue weighted by molar-refractivity contribution is -0.376. The average Bonchev–Trinajstić information content (AvgIpc) is 2.71. The van der Waals surface area contributed by atoms with Crippen LogP contribution in [0.15, 0.2) is 30.7 Å². The Labute approximate surface area is 102 Å². The molecule has 2 rings (SSSR count). The molecular formula is C10H6F6N2O. The summed E-state index contributed by atoms with van der Waals surface area (Å²) in [5.41, 5.74) is -6.39. The van der Waals surface area contributed by atoms with Gasteiger partial charge < -0.3 is 9.51 Å². The molecule has 0 aliphatic carbocycles. The van der Waals surface area contributed by atoms with E-state index in [4.69, 9.17) is 5.11 Å². The minimum atomic E-state index is -5.89. The molecule has 0 saturated heterocycles. The van der Waals surface area contributed by atoms with E-state index in [0.717, 1.165) is 6.20 Å². The molecular weight excluding hydrogens is 278 g/mol. The number of hydrogen-bond acceptors (Lipinski definition) is 2. The zero-order valence-electron chi connectivity index (χ0n) is 9.00. The highest BCUT2D eigenvalue weighted by molar-refractivity contribution is 5.44. The van der Waals surface area contributed by atoms with Gasteiger partial charge in [-0.3, -0.25) is 0 Å². The van der Waals surface area contributed by atoms with E-state index in [2.05, 4.69) is 4.98 Å². The highest BCUT2D eigenvalue weighted by atomic mass is 19.4. The second-order valence-electron chi connectivity index (χ2n) is 3.81. The second-order valence-corrected chi connectivity index (χ2v) is 3.81. The Morgan fingerprint density at radius 3 is 2.11 bits per heavy atom. The normalized spacial score (nSPS) is 14.1. The number of imidazole rings is 1. The van der Waals surface area contributed by atoms with Crippen LogP contribution >= 0.6 is 0 Å². The fourth-order valence-electron chi connectivity index (χ4n) is 1.62. The zero-order valence-corrected chi connectivity index (χ0v) is 9.00. The van der Waals surface area contributed by atoms with E-state index in [9.17, 15) is 26.3 Å². The third-order valence-corrected chi connectivity index (χ3v) is 2.64. The Morgan fingerprint density at radius 2 is 1.58 bits per heavy atom. The maximum atomic E-state index is 12.6. The summed E-state index contributed by atoms with van der Waals surface area (Å²) in [7, 11) is 0. The van der Waals surface area contributed by atoms with Crippen LogP contribution in [0.5, 0.6) is 0 Å². The molecule has 2 aromatic rings. The van der Waals surface area contributed by atoms with E-state index in [-0.39, 0.29) is 5.65 Å². The maximum Gasteiger partial charge on any atom is 0.430 e. The summed E-state index contributed by atoms with van der Waals surface area (Å²) in [6.07, 6.45) is -8.27. The van der Waals surface area contributed by atoms with E-state index in [1.807, 2.05) is 0 Å². The lowest BCUT2D eigenvalue weighted by Crippen LogP contribution is -2.53. The van der Waals surface area contributed by atoms with Crippen molar-refractivity contribution in [3.63, 3.8) is 0 Å². The fourth-order valence-corrected chi connectivity index (χ4v) is 1.62. The van der Waals surface area contributed by atoms with Gasteiger partial charge in [0.1, 0.15) is 5.65 Å². The molecule has 104 valence electrons. The predicted octanol–water partition coefficient (Wildman–Crippen LogP) is 2.65. The third-order valence-electron chi connectivity index (χ3n) is 2.64. The van der Waals surface area contributed by atoms with Crippen LogP contribution in [-0.4, -0.2) is 26.8 Å². The first-order valence-electron chi connectivity index (χ1n) is 4.86. The monoisotopic (exact) mass is 284 g/mol. The van der Waals surface area contributed by atoms with Crippen molar-refractivity contribution in [3.05, 3.63) is 36.3 Å². The first kappa shape index (κ1) is 13.7. The number of hydrogen-bond donors (Lipinski definition) is 1. The summed E-state index contributed by atoms with van der Waals surface area (Å²) in [6.45, 7) is 0. The fraction of sp³-hybridized carbons (Fsp3) is 0.300. The Morgan fingerprint density at radius 1 is 1.00 bits per heavy atom. The topological polar surface area (TPSA) is 37.5 Å². The van der Waals surface area contributed by atoms with Crippen LogP contribution < -0.4 is 0 Å². The van der Waals surface area contributed by atoms with E-state index >= 15 is 0 Å². The SMILES string of the molecule is OC(c1ccn2ccnc2c1)(C(F)(F)F)C(F)(F)F. The number of alkyl halides is 6. The molecule has 2 aromatic heterocycles. The molecule has 0 fully saturated rings. The van der Waals surface area contributed by atoms with Crippen LogP contribution in [0.3, 0.4) is 0 Å². The molecule has 0 spiro atoms. The smallest absolute Gasteiger partial charge is 0.369 e. The third kappa shape index (κ3) is 1.93. The summed E-state index contributed by atoms with van der Waals surface area (Å²) in [6, 6.07) is 1.09. The molecule has 1 N–H and O–H groups in total. The Hall–Kier alpha value is -1.77. The van der Waals surface area contributed by atoms with Crippen molar-refractivity contribution >= 4 is 5.65 Å². The van der Waals surface area contributed by atoms with Crippen LogP contribution in [0, 0.1) is 0 Å². The van der Waals surface area contributed by atoms with Crippen molar-refractivity contribution in [2.24, 2.45) is 0 Å². The van der Waals surface area contributed by atoms with Gasteiger partial charge in [0.2, 0.25) is 0 Å². The molecule has 2 heterocycles. The Kier molecular flexibility index (Phi) is 2.77. The molecule has 0 bridgehead atoms. The number of fused-ring (bicyclic) bond motifs is 1. The highest BCUT2D eigenvalue weighted by Gasteiger charge is 2.71. The predicted molar refractivity (Wildman–Crippen MR) is 51.2 cm³/mol. The molecule has 0 aliphatic rings.